The van der Waals surface area contributed by atoms with Crippen molar-refractivity contribution in [3.05, 3.63) is 30.1 Å². The molecule has 0 aliphatic rings. The monoisotopic (exact) mass is 333 g/mol. The second kappa shape index (κ2) is 8.01. The Bertz CT molecular complexity index is 640. The van der Waals surface area contributed by atoms with Crippen LogP contribution in [0.2, 0.25) is 0 Å². The van der Waals surface area contributed by atoms with Crippen LogP contribution in [0.3, 0.4) is 0 Å². The maximum Gasteiger partial charge on any atom is 0.321 e. The van der Waals surface area contributed by atoms with Crippen molar-refractivity contribution >= 4 is 23.5 Å². The van der Waals surface area contributed by atoms with E-state index in [0.29, 0.717) is 5.82 Å². The number of aryl methyl sites for hydroxylation is 1. The average molecular weight is 333 g/mol. The molecule has 7 heteroatoms. The van der Waals surface area contributed by atoms with Gasteiger partial charge < -0.3 is 10.2 Å². The fourth-order valence-electron chi connectivity index (χ4n) is 2.07. The summed E-state index contributed by atoms with van der Waals surface area (Å²) in [6.45, 7) is 3.92. The van der Waals surface area contributed by atoms with Crippen LogP contribution >= 0.6 is 11.8 Å². The highest BCUT2D eigenvalue weighted by Crippen LogP contribution is 2.18. The molecule has 6 nitrogen and oxygen atoms in total. The Kier molecular flexibility index (Phi) is 6.04. The van der Waals surface area contributed by atoms with Crippen molar-refractivity contribution in [3.8, 4) is 11.4 Å². The Morgan fingerprint density at radius 3 is 2.65 bits per heavy atom. The molecule has 1 aromatic heterocycles. The van der Waals surface area contributed by atoms with E-state index in [1.165, 1.54) is 0 Å². The third-order valence-electron chi connectivity index (χ3n) is 3.71. The predicted octanol–water partition coefficient (Wildman–Crippen LogP) is 3.39. The third-order valence-corrected chi connectivity index (χ3v) is 4.36. The summed E-state index contributed by atoms with van der Waals surface area (Å²) >= 11 is 1.79. The maximum absolute atomic E-state index is 12.3. The number of H-pyrrole nitrogens is 1. The highest BCUT2D eigenvalue weighted by Gasteiger charge is 2.15. The Morgan fingerprint density at radius 1 is 1.39 bits per heavy atom. The van der Waals surface area contributed by atoms with Crippen LogP contribution in [0.15, 0.2) is 24.3 Å². The van der Waals surface area contributed by atoms with Crippen LogP contribution in [0, 0.1) is 6.92 Å². The molecule has 2 aromatic rings. The fraction of sp³-hybridized carbons (Fsp3) is 0.438. The lowest BCUT2D eigenvalue weighted by atomic mass is 10.2. The first-order chi connectivity index (χ1) is 11.0. The topological polar surface area (TPSA) is 73.9 Å². The van der Waals surface area contributed by atoms with Gasteiger partial charge in [0.15, 0.2) is 5.82 Å². The van der Waals surface area contributed by atoms with Gasteiger partial charge >= 0.3 is 6.03 Å². The minimum absolute atomic E-state index is 0.0971. The molecule has 2 amide bonds. The number of carbonyl (C=O) groups is 1. The van der Waals surface area contributed by atoms with E-state index < -0.39 is 0 Å². The van der Waals surface area contributed by atoms with Crippen molar-refractivity contribution in [2.45, 2.75) is 26.3 Å². The van der Waals surface area contributed by atoms with E-state index in [-0.39, 0.29) is 12.1 Å². The van der Waals surface area contributed by atoms with Crippen molar-refractivity contribution < 1.29 is 4.79 Å². The van der Waals surface area contributed by atoms with E-state index in [2.05, 4.69) is 33.7 Å². The molecular weight excluding hydrogens is 310 g/mol. The zero-order chi connectivity index (χ0) is 16.8. The summed E-state index contributed by atoms with van der Waals surface area (Å²) in [6, 6.07) is 7.63. The number of carbonyl (C=O) groups excluding carboxylic acids is 1. The molecule has 0 radical (unpaired) electrons. The molecule has 0 bridgehead atoms. The first-order valence-electron chi connectivity index (χ1n) is 7.53. The zero-order valence-electron chi connectivity index (χ0n) is 14.0. The summed E-state index contributed by atoms with van der Waals surface area (Å²) in [5.41, 5.74) is 1.67. The maximum atomic E-state index is 12.3. The molecule has 1 heterocycles. The molecule has 0 spiro atoms. The van der Waals surface area contributed by atoms with Crippen LogP contribution in [0.5, 0.6) is 0 Å². The SMILES string of the molecule is CSCCC(C)N(C)C(=O)Nc1ccc(-c2n[nH]c(C)n2)cc1. The van der Waals surface area contributed by atoms with Crippen molar-refractivity contribution in [1.82, 2.24) is 20.1 Å². The predicted molar refractivity (Wildman–Crippen MR) is 95.8 cm³/mol. The minimum Gasteiger partial charge on any atom is -0.325 e. The molecule has 2 rings (SSSR count). The van der Waals surface area contributed by atoms with Crippen LogP contribution in [0.1, 0.15) is 19.2 Å². The molecular formula is C16H23N5OS. The van der Waals surface area contributed by atoms with Gasteiger partial charge in [0.2, 0.25) is 0 Å². The normalized spacial score (nSPS) is 12.0. The van der Waals surface area contributed by atoms with Gasteiger partial charge in [-0.05, 0) is 56.5 Å². The average Bonchev–Trinajstić information content (AvgIpc) is 2.99. The van der Waals surface area contributed by atoms with Crippen molar-refractivity contribution in [2.75, 3.05) is 24.4 Å². The Hall–Kier alpha value is -2.02. The van der Waals surface area contributed by atoms with Gasteiger partial charge in [0.25, 0.3) is 0 Å². The smallest absolute Gasteiger partial charge is 0.321 e. The number of thioether (sulfide) groups is 1. The third kappa shape index (κ3) is 4.72. The van der Waals surface area contributed by atoms with Gasteiger partial charge in [0.05, 0.1) is 0 Å². The highest BCUT2D eigenvalue weighted by atomic mass is 32.2. The van der Waals surface area contributed by atoms with Crippen LogP contribution in [0.25, 0.3) is 11.4 Å². The van der Waals surface area contributed by atoms with Crippen LogP contribution in [-0.4, -0.2) is 51.2 Å². The standard InChI is InChI=1S/C16H23N5OS/c1-11(9-10-23-4)21(3)16(22)18-14-7-5-13(6-8-14)15-17-12(2)19-20-15/h5-8,11H,9-10H2,1-4H3,(H,18,22)(H,17,19,20). The van der Waals surface area contributed by atoms with Gasteiger partial charge in [-0.2, -0.15) is 16.9 Å². The number of amides is 2. The first-order valence-corrected chi connectivity index (χ1v) is 8.93. The van der Waals surface area contributed by atoms with Crippen molar-refractivity contribution in [1.29, 1.82) is 0 Å². The zero-order valence-corrected chi connectivity index (χ0v) is 14.8. The molecule has 1 atom stereocenters. The van der Waals surface area contributed by atoms with E-state index in [0.717, 1.165) is 29.2 Å². The first kappa shape index (κ1) is 17.3. The highest BCUT2D eigenvalue weighted by molar-refractivity contribution is 7.98. The number of nitrogens with one attached hydrogen (secondary N) is 2. The van der Waals surface area contributed by atoms with Gasteiger partial charge in [-0.15, -0.1) is 0 Å². The van der Waals surface area contributed by atoms with E-state index in [4.69, 9.17) is 0 Å². The van der Waals surface area contributed by atoms with Crippen molar-refractivity contribution in [3.63, 3.8) is 0 Å². The number of hydrogen-bond acceptors (Lipinski definition) is 4. The second-order valence-corrected chi connectivity index (χ2v) is 6.48. The van der Waals surface area contributed by atoms with Crippen LogP contribution in [0.4, 0.5) is 10.5 Å². The number of aromatic nitrogens is 3. The van der Waals surface area contributed by atoms with Gasteiger partial charge in [-0.1, -0.05) is 0 Å². The number of rotatable bonds is 6. The van der Waals surface area contributed by atoms with Gasteiger partial charge in [-0.3, -0.25) is 5.10 Å². The van der Waals surface area contributed by atoms with Crippen LogP contribution in [-0.2, 0) is 0 Å². The minimum atomic E-state index is -0.0971. The Morgan fingerprint density at radius 2 is 2.09 bits per heavy atom. The summed E-state index contributed by atoms with van der Waals surface area (Å²) in [5.74, 6) is 2.48. The van der Waals surface area contributed by atoms with E-state index in [9.17, 15) is 4.79 Å². The Labute approximate surface area is 141 Å². The summed E-state index contributed by atoms with van der Waals surface area (Å²) in [4.78, 5) is 18.3. The number of aromatic amines is 1. The summed E-state index contributed by atoms with van der Waals surface area (Å²) in [7, 11) is 1.82. The van der Waals surface area contributed by atoms with Gasteiger partial charge in [0.1, 0.15) is 5.82 Å². The molecule has 1 unspecified atom stereocenters. The number of hydrogen-bond donors (Lipinski definition) is 2. The van der Waals surface area contributed by atoms with Gasteiger partial charge in [0, 0.05) is 24.3 Å². The molecule has 0 aliphatic heterocycles. The molecule has 0 fully saturated rings. The molecule has 2 N–H and O–H groups in total. The molecule has 1 aromatic carbocycles. The lowest BCUT2D eigenvalue weighted by Gasteiger charge is -2.25. The lowest BCUT2D eigenvalue weighted by molar-refractivity contribution is 0.207. The summed E-state index contributed by atoms with van der Waals surface area (Å²) < 4.78 is 0. The van der Waals surface area contributed by atoms with Gasteiger partial charge in [-0.25, -0.2) is 9.78 Å². The number of urea groups is 1. The molecule has 23 heavy (non-hydrogen) atoms. The molecule has 124 valence electrons. The van der Waals surface area contributed by atoms with E-state index >= 15 is 0 Å². The quantitative estimate of drug-likeness (QED) is 0.850. The molecule has 0 saturated heterocycles. The molecule has 0 saturated carbocycles. The van der Waals surface area contributed by atoms with Crippen molar-refractivity contribution in [2.24, 2.45) is 0 Å². The Balaban J connectivity index is 1.96. The lowest BCUT2D eigenvalue weighted by Crippen LogP contribution is -2.38. The number of benzene rings is 1. The fourth-order valence-corrected chi connectivity index (χ4v) is 2.65. The number of nitrogens with zero attached hydrogens (tertiary/aromatic N) is 3. The summed E-state index contributed by atoms with van der Waals surface area (Å²) in [6.07, 6.45) is 3.05. The second-order valence-electron chi connectivity index (χ2n) is 5.49. The van der Waals surface area contributed by atoms with Crippen LogP contribution < -0.4 is 5.32 Å². The largest absolute Gasteiger partial charge is 0.325 e. The summed E-state index contributed by atoms with van der Waals surface area (Å²) in [5, 5.41) is 9.86. The number of anilines is 1. The van der Waals surface area contributed by atoms with E-state index in [1.54, 1.807) is 16.7 Å². The molecule has 0 aliphatic carbocycles. The van der Waals surface area contributed by atoms with E-state index in [1.807, 2.05) is 38.2 Å².